The van der Waals surface area contributed by atoms with Gasteiger partial charge in [-0.3, -0.25) is 0 Å². The van der Waals surface area contributed by atoms with E-state index in [1.807, 2.05) is 20.8 Å². The monoisotopic (exact) mass is 339 g/mol. The van der Waals surface area contributed by atoms with Crippen LogP contribution in [0.5, 0.6) is 0 Å². The van der Waals surface area contributed by atoms with E-state index in [0.717, 1.165) is 10.9 Å². The van der Waals surface area contributed by atoms with Crippen molar-refractivity contribution in [1.29, 1.82) is 0 Å². The predicted octanol–water partition coefficient (Wildman–Crippen LogP) is 1.76. The quantitative estimate of drug-likeness (QED) is 0.264. The molecule has 0 atom stereocenters. The third kappa shape index (κ3) is 6.60. The Morgan fingerprint density at radius 2 is 1.56 bits per heavy atom. The second-order valence-electron chi connectivity index (χ2n) is 3.06. The van der Waals surface area contributed by atoms with Gasteiger partial charge in [-0.15, -0.1) is 0 Å². The predicted molar refractivity (Wildman–Crippen MR) is 63.0 cm³/mol. The molecule has 0 aromatic rings. The molecule has 0 amide bonds. The van der Waals surface area contributed by atoms with Gasteiger partial charge in [-0.05, 0) is 0 Å². The molecule has 0 aliphatic rings. The van der Waals surface area contributed by atoms with Gasteiger partial charge in [-0.2, -0.15) is 0 Å². The van der Waals surface area contributed by atoms with Gasteiger partial charge in [0.25, 0.3) is 0 Å². The zero-order valence-electron chi connectivity index (χ0n) is 10.3. The maximum absolute atomic E-state index is 9.94. The standard InChI is InChI=1S/C4H6NO.3C2H5O.Sn/c1-2-3-5-4-6;3*1-2-3;/h1-3H2;3*2H2,1H3;/q;3*-1;+3. The summed E-state index contributed by atoms with van der Waals surface area (Å²) >= 11 is -3.33. The maximum atomic E-state index is 9.94. The number of carbonyl (C=O) groups excluding carboxylic acids is 1. The van der Waals surface area contributed by atoms with E-state index in [2.05, 4.69) is 4.99 Å². The number of aliphatic imine (C=N–C) groups is 1. The molecule has 0 saturated carbocycles. The molecule has 0 fully saturated rings. The van der Waals surface area contributed by atoms with Crippen molar-refractivity contribution in [2.45, 2.75) is 31.6 Å². The molecule has 0 unspecified atom stereocenters. The fourth-order valence-electron chi connectivity index (χ4n) is 1.42. The number of rotatable bonds is 10. The van der Waals surface area contributed by atoms with Crippen molar-refractivity contribution < 1.29 is 14.0 Å². The van der Waals surface area contributed by atoms with E-state index in [0.29, 0.717) is 26.4 Å². The molecule has 0 rings (SSSR count). The van der Waals surface area contributed by atoms with Crippen molar-refractivity contribution >= 4 is 25.7 Å². The van der Waals surface area contributed by atoms with Crippen LogP contribution in [0.15, 0.2) is 4.99 Å². The van der Waals surface area contributed by atoms with Gasteiger partial charge in [-0.1, -0.05) is 0 Å². The Morgan fingerprint density at radius 3 is 1.94 bits per heavy atom. The second kappa shape index (κ2) is 10.2. The minimum atomic E-state index is -3.33. The summed E-state index contributed by atoms with van der Waals surface area (Å²) in [6, 6.07) is 0. The third-order valence-corrected chi connectivity index (χ3v) is 10.9. The third-order valence-electron chi connectivity index (χ3n) is 1.91. The number of nitrogens with zero attached hydrogens (tertiary/aromatic N) is 1. The fourth-order valence-corrected chi connectivity index (χ4v) is 8.82. The van der Waals surface area contributed by atoms with Crippen LogP contribution in [0.1, 0.15) is 27.2 Å². The van der Waals surface area contributed by atoms with Crippen LogP contribution in [0.4, 0.5) is 0 Å². The van der Waals surface area contributed by atoms with Gasteiger partial charge in [0.15, 0.2) is 0 Å². The van der Waals surface area contributed by atoms with Crippen LogP contribution in [0.2, 0.25) is 4.44 Å². The molecule has 0 aliphatic heterocycles. The topological polar surface area (TPSA) is 57.1 Å². The second-order valence-corrected chi connectivity index (χ2v) is 10.9. The molecule has 0 saturated heterocycles. The number of hydrogen-bond donors (Lipinski definition) is 0. The van der Waals surface area contributed by atoms with Gasteiger partial charge in [0, 0.05) is 0 Å². The molecule has 0 aromatic carbocycles. The van der Waals surface area contributed by atoms with E-state index < -0.39 is 19.6 Å². The van der Waals surface area contributed by atoms with Crippen LogP contribution in [0.3, 0.4) is 0 Å². The van der Waals surface area contributed by atoms with Gasteiger partial charge in [-0.25, -0.2) is 0 Å². The van der Waals surface area contributed by atoms with Gasteiger partial charge in [0.05, 0.1) is 0 Å². The van der Waals surface area contributed by atoms with Crippen LogP contribution < -0.4 is 0 Å². The molecule has 0 aliphatic carbocycles. The molecular weight excluding hydrogens is 317 g/mol. The molecule has 0 aromatic heterocycles. The Balaban J connectivity index is 4.27. The van der Waals surface area contributed by atoms with Crippen molar-refractivity contribution in [1.82, 2.24) is 0 Å². The van der Waals surface area contributed by atoms with Gasteiger partial charge < -0.3 is 0 Å². The molecular formula is C10H21NO4Sn. The first-order valence-corrected chi connectivity index (χ1v) is 11.2. The summed E-state index contributed by atoms with van der Waals surface area (Å²) in [6.45, 7) is 8.09. The Hall–Kier alpha value is 0.0587. The van der Waals surface area contributed by atoms with Crippen molar-refractivity contribution in [3.63, 3.8) is 0 Å². The molecule has 6 heteroatoms. The molecule has 0 bridgehead atoms. The van der Waals surface area contributed by atoms with Crippen molar-refractivity contribution in [2.24, 2.45) is 4.99 Å². The summed E-state index contributed by atoms with van der Waals surface area (Å²) in [7, 11) is 0. The summed E-state index contributed by atoms with van der Waals surface area (Å²) < 4.78 is 17.9. The zero-order chi connectivity index (χ0) is 12.3. The summed E-state index contributed by atoms with van der Waals surface area (Å²) in [5.41, 5.74) is 0. The fraction of sp³-hybridized carbons (Fsp3) is 0.900. The Bertz CT molecular complexity index is 202. The van der Waals surface area contributed by atoms with Crippen LogP contribution in [-0.2, 0) is 14.0 Å². The number of hydrogen-bond acceptors (Lipinski definition) is 5. The molecule has 0 N–H and O–H groups in total. The van der Waals surface area contributed by atoms with Crippen LogP contribution in [0, 0.1) is 0 Å². The van der Waals surface area contributed by atoms with E-state index in [-0.39, 0.29) is 0 Å². The Morgan fingerprint density at radius 1 is 1.06 bits per heavy atom. The van der Waals surface area contributed by atoms with Gasteiger partial charge >= 0.3 is 103 Å². The van der Waals surface area contributed by atoms with E-state index >= 15 is 0 Å². The van der Waals surface area contributed by atoms with Crippen LogP contribution in [-0.4, -0.2) is 52.1 Å². The molecule has 16 heavy (non-hydrogen) atoms. The Kier molecular flexibility index (Phi) is 10.3. The first-order chi connectivity index (χ1) is 7.74. The SMILES string of the molecule is CC[O][Sn]([CH2]CCN=C=O)([O]CC)[O]CC. The van der Waals surface area contributed by atoms with Crippen LogP contribution in [0.25, 0.3) is 0 Å². The van der Waals surface area contributed by atoms with Crippen molar-refractivity contribution in [3.05, 3.63) is 0 Å². The first kappa shape index (κ1) is 16.1. The molecule has 94 valence electrons. The summed E-state index contributed by atoms with van der Waals surface area (Å²) in [6.07, 6.45) is 2.28. The van der Waals surface area contributed by atoms with E-state index in [1.165, 1.54) is 6.08 Å². The molecule has 5 nitrogen and oxygen atoms in total. The van der Waals surface area contributed by atoms with Crippen LogP contribution >= 0.6 is 0 Å². The molecule has 0 radical (unpaired) electrons. The number of isocyanates is 1. The first-order valence-electron chi connectivity index (χ1n) is 5.70. The zero-order valence-corrected chi connectivity index (χ0v) is 13.2. The van der Waals surface area contributed by atoms with Gasteiger partial charge in [0.2, 0.25) is 0 Å². The van der Waals surface area contributed by atoms with E-state index in [1.54, 1.807) is 0 Å². The van der Waals surface area contributed by atoms with Crippen molar-refractivity contribution in [3.8, 4) is 0 Å². The summed E-state index contributed by atoms with van der Waals surface area (Å²) in [5, 5.41) is 0. The van der Waals surface area contributed by atoms with Gasteiger partial charge in [0.1, 0.15) is 0 Å². The summed E-state index contributed by atoms with van der Waals surface area (Å²) in [5.74, 6) is 0. The normalized spacial score (nSPS) is 11.2. The van der Waals surface area contributed by atoms with E-state index in [4.69, 9.17) is 9.22 Å². The minimum absolute atomic E-state index is 0.468. The summed E-state index contributed by atoms with van der Waals surface area (Å²) in [4.78, 5) is 13.5. The van der Waals surface area contributed by atoms with E-state index in [9.17, 15) is 4.79 Å². The molecule has 0 heterocycles. The average Bonchev–Trinajstić information content (AvgIpc) is 2.26. The van der Waals surface area contributed by atoms with Crippen molar-refractivity contribution in [2.75, 3.05) is 26.4 Å². The average molecular weight is 338 g/mol. The Labute approximate surface area is 103 Å². The molecule has 0 spiro atoms.